The Labute approximate surface area is 88.2 Å². The Morgan fingerprint density at radius 3 is 1.86 bits per heavy atom. The number of rotatable bonds is 4. The van der Waals surface area contributed by atoms with Crippen LogP contribution in [0.3, 0.4) is 0 Å². The van der Waals surface area contributed by atoms with Gasteiger partial charge in [-0.3, -0.25) is 0 Å². The van der Waals surface area contributed by atoms with E-state index >= 15 is 0 Å². The average molecular weight is 221 g/mol. The van der Waals surface area contributed by atoms with Gasteiger partial charge in [0, 0.05) is 6.04 Å². The summed E-state index contributed by atoms with van der Waals surface area (Å²) in [4.78, 5) is 0. The molecule has 0 rings (SSSR count). The third kappa shape index (κ3) is 3.58. The first kappa shape index (κ1) is 13.9. The molecule has 0 aliphatic carbocycles. The van der Waals surface area contributed by atoms with Crippen molar-refractivity contribution in [2.75, 3.05) is 12.8 Å². The molecular weight excluding hydrogens is 198 g/mol. The second-order valence-electron chi connectivity index (χ2n) is 5.03. The SMILES string of the molecule is CNC(CS(=O)(=O)C(C)(C)C)C(C)C. The summed E-state index contributed by atoms with van der Waals surface area (Å²) in [7, 11) is -1.21. The lowest BCUT2D eigenvalue weighted by Gasteiger charge is -2.25. The van der Waals surface area contributed by atoms with Gasteiger partial charge in [0.05, 0.1) is 10.5 Å². The van der Waals surface area contributed by atoms with Crippen LogP contribution in [-0.4, -0.2) is 32.0 Å². The topological polar surface area (TPSA) is 46.2 Å². The van der Waals surface area contributed by atoms with E-state index in [0.29, 0.717) is 5.92 Å². The van der Waals surface area contributed by atoms with Crippen molar-refractivity contribution in [3.8, 4) is 0 Å². The summed E-state index contributed by atoms with van der Waals surface area (Å²) in [6.45, 7) is 9.29. The first-order valence-electron chi connectivity index (χ1n) is 5.01. The van der Waals surface area contributed by atoms with E-state index in [-0.39, 0.29) is 11.8 Å². The van der Waals surface area contributed by atoms with Crippen molar-refractivity contribution in [2.24, 2.45) is 5.92 Å². The smallest absolute Gasteiger partial charge is 0.156 e. The second kappa shape index (κ2) is 4.62. The van der Waals surface area contributed by atoms with Crippen molar-refractivity contribution < 1.29 is 8.42 Å². The van der Waals surface area contributed by atoms with Crippen molar-refractivity contribution in [3.63, 3.8) is 0 Å². The van der Waals surface area contributed by atoms with Crippen molar-refractivity contribution in [2.45, 2.75) is 45.4 Å². The molecule has 0 fully saturated rings. The minimum Gasteiger partial charge on any atom is -0.316 e. The number of hydrogen-bond acceptors (Lipinski definition) is 3. The minimum absolute atomic E-state index is 0.0409. The van der Waals surface area contributed by atoms with Gasteiger partial charge in [-0.25, -0.2) is 8.42 Å². The van der Waals surface area contributed by atoms with Gasteiger partial charge in [0.2, 0.25) is 0 Å². The maximum atomic E-state index is 11.9. The summed E-state index contributed by atoms with van der Waals surface area (Å²) in [6.07, 6.45) is 0. The maximum Gasteiger partial charge on any atom is 0.156 e. The minimum atomic E-state index is -3.02. The predicted octanol–water partition coefficient (Wildman–Crippen LogP) is 1.44. The maximum absolute atomic E-state index is 11.9. The largest absolute Gasteiger partial charge is 0.316 e. The van der Waals surface area contributed by atoms with Crippen LogP contribution in [-0.2, 0) is 9.84 Å². The van der Waals surface area contributed by atoms with E-state index in [1.807, 2.05) is 20.9 Å². The Kier molecular flexibility index (Phi) is 4.59. The zero-order valence-electron chi connectivity index (χ0n) is 10.1. The van der Waals surface area contributed by atoms with E-state index in [1.54, 1.807) is 20.8 Å². The zero-order chi connectivity index (χ0) is 11.6. The van der Waals surface area contributed by atoms with Crippen LogP contribution < -0.4 is 5.32 Å². The van der Waals surface area contributed by atoms with Gasteiger partial charge in [-0.2, -0.15) is 0 Å². The summed E-state index contributed by atoms with van der Waals surface area (Å²) in [5.74, 6) is 0.544. The summed E-state index contributed by atoms with van der Waals surface area (Å²) >= 11 is 0. The molecule has 3 nitrogen and oxygen atoms in total. The van der Waals surface area contributed by atoms with Crippen LogP contribution in [0, 0.1) is 5.92 Å². The van der Waals surface area contributed by atoms with Crippen LogP contribution in [0.2, 0.25) is 0 Å². The van der Waals surface area contributed by atoms with E-state index in [9.17, 15) is 8.42 Å². The van der Waals surface area contributed by atoms with Crippen molar-refractivity contribution in [1.82, 2.24) is 5.32 Å². The number of sulfone groups is 1. The van der Waals surface area contributed by atoms with Crippen molar-refractivity contribution in [3.05, 3.63) is 0 Å². The first-order chi connectivity index (χ1) is 6.12. The molecule has 0 amide bonds. The Hall–Kier alpha value is -0.0900. The molecule has 4 heteroatoms. The molecule has 0 aromatic rings. The fourth-order valence-electron chi connectivity index (χ4n) is 1.10. The normalized spacial score (nSPS) is 15.9. The lowest BCUT2D eigenvalue weighted by Crippen LogP contribution is -2.42. The summed E-state index contributed by atoms with van der Waals surface area (Å²) < 4.78 is 23.1. The van der Waals surface area contributed by atoms with E-state index in [2.05, 4.69) is 5.32 Å². The molecule has 0 bridgehead atoms. The highest BCUT2D eigenvalue weighted by Crippen LogP contribution is 2.18. The Morgan fingerprint density at radius 1 is 1.21 bits per heavy atom. The van der Waals surface area contributed by atoms with Crippen LogP contribution in [0.4, 0.5) is 0 Å². The molecule has 0 saturated carbocycles. The fourth-order valence-corrected chi connectivity index (χ4v) is 2.62. The fraction of sp³-hybridized carbons (Fsp3) is 1.00. The highest BCUT2D eigenvalue weighted by atomic mass is 32.2. The summed E-state index contributed by atoms with van der Waals surface area (Å²) in [5, 5.41) is 3.05. The molecule has 0 radical (unpaired) electrons. The molecular formula is C10H23NO2S. The van der Waals surface area contributed by atoms with E-state index in [4.69, 9.17) is 0 Å². The first-order valence-corrected chi connectivity index (χ1v) is 6.66. The van der Waals surface area contributed by atoms with Gasteiger partial charge in [0.25, 0.3) is 0 Å². The predicted molar refractivity (Wildman–Crippen MR) is 61.2 cm³/mol. The summed E-state index contributed by atoms with van der Waals surface area (Å²) in [6, 6.07) is 0.0409. The highest BCUT2D eigenvalue weighted by molar-refractivity contribution is 7.92. The molecule has 86 valence electrons. The van der Waals surface area contributed by atoms with Crippen LogP contribution in [0.1, 0.15) is 34.6 Å². The van der Waals surface area contributed by atoms with Gasteiger partial charge in [-0.1, -0.05) is 13.8 Å². The quantitative estimate of drug-likeness (QED) is 0.781. The van der Waals surface area contributed by atoms with Gasteiger partial charge in [0.1, 0.15) is 0 Å². The van der Waals surface area contributed by atoms with Gasteiger partial charge in [-0.05, 0) is 33.7 Å². The molecule has 0 aliphatic heterocycles. The van der Waals surface area contributed by atoms with Crippen LogP contribution in [0.25, 0.3) is 0 Å². The highest BCUT2D eigenvalue weighted by Gasteiger charge is 2.31. The zero-order valence-corrected chi connectivity index (χ0v) is 10.9. The molecule has 0 saturated heterocycles. The average Bonchev–Trinajstić information content (AvgIpc) is 1.97. The molecule has 0 aliphatic rings. The molecule has 0 spiro atoms. The van der Waals surface area contributed by atoms with Gasteiger partial charge >= 0.3 is 0 Å². The number of nitrogens with one attached hydrogen (secondary N) is 1. The molecule has 1 N–H and O–H groups in total. The van der Waals surface area contributed by atoms with Crippen LogP contribution in [0.15, 0.2) is 0 Å². The lowest BCUT2D eigenvalue weighted by atomic mass is 10.1. The number of hydrogen-bond donors (Lipinski definition) is 1. The molecule has 1 atom stereocenters. The standard InChI is InChI=1S/C10H23NO2S/c1-8(2)9(11-6)7-14(12,13)10(3,4)5/h8-9,11H,7H2,1-6H3. The molecule has 0 aromatic carbocycles. The Bertz CT molecular complexity index is 262. The van der Waals surface area contributed by atoms with Crippen molar-refractivity contribution in [1.29, 1.82) is 0 Å². The Balaban J connectivity index is 4.67. The van der Waals surface area contributed by atoms with Crippen molar-refractivity contribution >= 4 is 9.84 Å². The molecule has 1 unspecified atom stereocenters. The van der Waals surface area contributed by atoms with Crippen LogP contribution >= 0.6 is 0 Å². The molecule has 0 heterocycles. The third-order valence-corrected chi connectivity index (χ3v) is 5.17. The van der Waals surface area contributed by atoms with E-state index < -0.39 is 14.6 Å². The van der Waals surface area contributed by atoms with Gasteiger partial charge in [0.15, 0.2) is 9.84 Å². The van der Waals surface area contributed by atoms with E-state index in [1.165, 1.54) is 0 Å². The van der Waals surface area contributed by atoms with E-state index in [0.717, 1.165) is 0 Å². The summed E-state index contributed by atoms with van der Waals surface area (Å²) in [5.41, 5.74) is 0. The second-order valence-corrected chi connectivity index (χ2v) is 7.82. The third-order valence-electron chi connectivity index (χ3n) is 2.51. The van der Waals surface area contributed by atoms with Crippen LogP contribution in [0.5, 0.6) is 0 Å². The van der Waals surface area contributed by atoms with Gasteiger partial charge < -0.3 is 5.32 Å². The van der Waals surface area contributed by atoms with Gasteiger partial charge in [-0.15, -0.1) is 0 Å². The molecule has 14 heavy (non-hydrogen) atoms. The molecule has 0 aromatic heterocycles. The monoisotopic (exact) mass is 221 g/mol. The Morgan fingerprint density at radius 2 is 1.64 bits per heavy atom. The lowest BCUT2D eigenvalue weighted by molar-refractivity contribution is 0.450.